The van der Waals surface area contributed by atoms with E-state index in [1.165, 1.54) is 18.4 Å². The number of nitrogens with zero attached hydrogens (tertiary/aromatic N) is 1. The van der Waals surface area contributed by atoms with Gasteiger partial charge in [0.25, 0.3) is 11.8 Å². The summed E-state index contributed by atoms with van der Waals surface area (Å²) < 4.78 is 0. The third-order valence-corrected chi connectivity index (χ3v) is 4.32. The maximum atomic E-state index is 12.2. The van der Waals surface area contributed by atoms with Crippen LogP contribution < -0.4 is 10.6 Å². The van der Waals surface area contributed by atoms with Crippen LogP contribution >= 0.6 is 0 Å². The van der Waals surface area contributed by atoms with Crippen molar-refractivity contribution >= 4 is 11.8 Å². The summed E-state index contributed by atoms with van der Waals surface area (Å²) in [4.78, 5) is 28.5. The summed E-state index contributed by atoms with van der Waals surface area (Å²) in [7, 11) is 0. The van der Waals surface area contributed by atoms with Gasteiger partial charge in [0, 0.05) is 12.6 Å². The molecule has 5 nitrogen and oxygen atoms in total. The van der Waals surface area contributed by atoms with E-state index in [2.05, 4.69) is 21.7 Å². The van der Waals surface area contributed by atoms with Gasteiger partial charge in [-0.2, -0.15) is 0 Å². The SMILES string of the molecule is CCC(C)NC(=O)c1cccc(C(=O)NCCC2=CCCCC2)n1. The molecule has 0 fully saturated rings. The normalized spacial score (nSPS) is 15.3. The standard InChI is InChI=1S/C19H27N3O2/c1-3-14(2)21-19(24)17-11-7-10-16(22-17)18(23)20-13-12-15-8-5-4-6-9-15/h7-8,10-11,14H,3-6,9,12-13H2,1-2H3,(H,20,23)(H,21,24). The molecule has 2 N–H and O–H groups in total. The Hall–Kier alpha value is -2.17. The van der Waals surface area contributed by atoms with Gasteiger partial charge >= 0.3 is 0 Å². The number of hydrogen-bond donors (Lipinski definition) is 2. The lowest BCUT2D eigenvalue weighted by Gasteiger charge is -2.13. The van der Waals surface area contributed by atoms with Gasteiger partial charge in [0.1, 0.15) is 11.4 Å². The molecule has 1 unspecified atom stereocenters. The molecule has 24 heavy (non-hydrogen) atoms. The minimum atomic E-state index is -0.244. The summed E-state index contributed by atoms with van der Waals surface area (Å²) in [5, 5.41) is 5.75. The number of amides is 2. The first-order valence-corrected chi connectivity index (χ1v) is 8.84. The quantitative estimate of drug-likeness (QED) is 0.755. The number of carbonyl (C=O) groups excluding carboxylic acids is 2. The Morgan fingerprint density at radius 3 is 2.62 bits per heavy atom. The number of carbonyl (C=O) groups is 2. The predicted molar refractivity (Wildman–Crippen MR) is 95.0 cm³/mol. The first-order valence-electron chi connectivity index (χ1n) is 8.84. The Bertz CT molecular complexity index is 610. The minimum Gasteiger partial charge on any atom is -0.350 e. The molecule has 1 aromatic heterocycles. The van der Waals surface area contributed by atoms with E-state index < -0.39 is 0 Å². The van der Waals surface area contributed by atoms with Crippen molar-refractivity contribution in [3.8, 4) is 0 Å². The van der Waals surface area contributed by atoms with Gasteiger partial charge in [-0.05, 0) is 57.6 Å². The lowest BCUT2D eigenvalue weighted by Crippen LogP contribution is -2.33. The van der Waals surface area contributed by atoms with E-state index in [4.69, 9.17) is 0 Å². The average molecular weight is 329 g/mol. The molecule has 0 aromatic carbocycles. The average Bonchev–Trinajstić information content (AvgIpc) is 2.62. The Kier molecular flexibility index (Phi) is 6.97. The van der Waals surface area contributed by atoms with E-state index in [-0.39, 0.29) is 29.2 Å². The number of pyridine rings is 1. The predicted octanol–water partition coefficient (Wildman–Crippen LogP) is 3.23. The third kappa shape index (κ3) is 5.48. The van der Waals surface area contributed by atoms with Crippen molar-refractivity contribution < 1.29 is 9.59 Å². The topological polar surface area (TPSA) is 71.1 Å². The van der Waals surface area contributed by atoms with Crippen molar-refractivity contribution in [2.45, 2.75) is 58.4 Å². The molecule has 0 spiro atoms. The monoisotopic (exact) mass is 329 g/mol. The Labute approximate surface area is 143 Å². The fraction of sp³-hybridized carbons (Fsp3) is 0.526. The van der Waals surface area contributed by atoms with Gasteiger partial charge in [-0.1, -0.05) is 24.6 Å². The van der Waals surface area contributed by atoms with Gasteiger partial charge in [0.05, 0.1) is 0 Å². The van der Waals surface area contributed by atoms with Crippen LogP contribution in [0, 0.1) is 0 Å². The lowest BCUT2D eigenvalue weighted by molar-refractivity contribution is 0.0933. The van der Waals surface area contributed by atoms with Gasteiger partial charge in [0.15, 0.2) is 0 Å². The molecule has 130 valence electrons. The maximum absolute atomic E-state index is 12.2. The number of rotatable bonds is 7. The molecule has 2 amide bonds. The molecular weight excluding hydrogens is 302 g/mol. The van der Waals surface area contributed by atoms with Gasteiger partial charge < -0.3 is 10.6 Å². The second-order valence-corrected chi connectivity index (χ2v) is 6.30. The largest absolute Gasteiger partial charge is 0.350 e. The maximum Gasteiger partial charge on any atom is 0.270 e. The van der Waals surface area contributed by atoms with Crippen LogP contribution in [0.3, 0.4) is 0 Å². The fourth-order valence-electron chi connectivity index (χ4n) is 2.65. The van der Waals surface area contributed by atoms with Crippen LogP contribution in [0.5, 0.6) is 0 Å². The van der Waals surface area contributed by atoms with Crippen molar-refractivity contribution in [2.75, 3.05) is 6.54 Å². The molecule has 0 radical (unpaired) electrons. The molecular formula is C19H27N3O2. The molecule has 1 atom stereocenters. The molecule has 2 rings (SSSR count). The molecule has 1 aliphatic carbocycles. The van der Waals surface area contributed by atoms with Crippen molar-refractivity contribution in [3.63, 3.8) is 0 Å². The van der Waals surface area contributed by atoms with Crippen LogP contribution in [0.4, 0.5) is 0 Å². The Morgan fingerprint density at radius 1 is 1.21 bits per heavy atom. The second kappa shape index (κ2) is 9.21. The lowest BCUT2D eigenvalue weighted by atomic mass is 9.97. The first-order chi connectivity index (χ1) is 11.6. The first kappa shape index (κ1) is 18.2. The zero-order valence-corrected chi connectivity index (χ0v) is 14.6. The summed E-state index contributed by atoms with van der Waals surface area (Å²) in [6.45, 7) is 4.55. The van der Waals surface area contributed by atoms with E-state index in [0.717, 1.165) is 25.7 Å². The molecule has 0 saturated carbocycles. The molecule has 5 heteroatoms. The highest BCUT2D eigenvalue weighted by atomic mass is 16.2. The second-order valence-electron chi connectivity index (χ2n) is 6.30. The van der Waals surface area contributed by atoms with Crippen molar-refractivity contribution in [1.29, 1.82) is 0 Å². The zero-order chi connectivity index (χ0) is 17.4. The van der Waals surface area contributed by atoms with E-state index >= 15 is 0 Å². The number of aromatic nitrogens is 1. The Balaban J connectivity index is 1.88. The molecule has 0 aliphatic heterocycles. The highest BCUT2D eigenvalue weighted by Crippen LogP contribution is 2.19. The van der Waals surface area contributed by atoms with Gasteiger partial charge in [0.2, 0.25) is 0 Å². The summed E-state index contributed by atoms with van der Waals surface area (Å²) in [5.74, 6) is -0.476. The number of hydrogen-bond acceptors (Lipinski definition) is 3. The highest BCUT2D eigenvalue weighted by Gasteiger charge is 2.13. The van der Waals surface area contributed by atoms with Crippen LogP contribution in [0.15, 0.2) is 29.8 Å². The zero-order valence-electron chi connectivity index (χ0n) is 14.6. The molecule has 0 bridgehead atoms. The Morgan fingerprint density at radius 2 is 1.96 bits per heavy atom. The van der Waals surface area contributed by atoms with Crippen molar-refractivity contribution in [2.24, 2.45) is 0 Å². The van der Waals surface area contributed by atoms with E-state index in [1.54, 1.807) is 18.2 Å². The summed E-state index contributed by atoms with van der Waals surface area (Å²) in [5.41, 5.74) is 1.98. The fourth-order valence-corrected chi connectivity index (χ4v) is 2.65. The molecule has 0 saturated heterocycles. The van der Waals surface area contributed by atoms with Crippen molar-refractivity contribution in [3.05, 3.63) is 41.2 Å². The van der Waals surface area contributed by atoms with E-state index in [9.17, 15) is 9.59 Å². The molecule has 1 aromatic rings. The summed E-state index contributed by atoms with van der Waals surface area (Å²) in [6.07, 6.45) is 8.83. The van der Waals surface area contributed by atoms with E-state index in [1.807, 2.05) is 13.8 Å². The van der Waals surface area contributed by atoms with Gasteiger partial charge in [-0.3, -0.25) is 9.59 Å². The van der Waals surface area contributed by atoms with Crippen LogP contribution in [-0.4, -0.2) is 29.4 Å². The third-order valence-electron chi connectivity index (χ3n) is 4.32. The minimum absolute atomic E-state index is 0.0838. The van der Waals surface area contributed by atoms with Crippen LogP contribution in [0.1, 0.15) is 73.3 Å². The van der Waals surface area contributed by atoms with E-state index in [0.29, 0.717) is 6.54 Å². The molecule has 1 aliphatic rings. The highest BCUT2D eigenvalue weighted by molar-refractivity contribution is 5.96. The molecule has 1 heterocycles. The van der Waals surface area contributed by atoms with Crippen LogP contribution in [0.2, 0.25) is 0 Å². The van der Waals surface area contributed by atoms with Gasteiger partial charge in [-0.25, -0.2) is 4.98 Å². The smallest absolute Gasteiger partial charge is 0.270 e. The van der Waals surface area contributed by atoms with Crippen LogP contribution in [0.25, 0.3) is 0 Å². The van der Waals surface area contributed by atoms with Crippen molar-refractivity contribution in [1.82, 2.24) is 15.6 Å². The van der Waals surface area contributed by atoms with Crippen LogP contribution in [-0.2, 0) is 0 Å². The summed E-state index contributed by atoms with van der Waals surface area (Å²) >= 11 is 0. The number of nitrogens with one attached hydrogen (secondary N) is 2. The summed E-state index contributed by atoms with van der Waals surface area (Å²) in [6, 6.07) is 5.04. The number of allylic oxidation sites excluding steroid dienone is 1. The van der Waals surface area contributed by atoms with Gasteiger partial charge in [-0.15, -0.1) is 0 Å².